The molecule has 0 radical (unpaired) electrons. The van der Waals surface area contributed by atoms with Crippen LogP contribution in [-0.2, 0) is 0 Å². The van der Waals surface area contributed by atoms with Gasteiger partial charge in [0.15, 0.2) is 0 Å². The summed E-state index contributed by atoms with van der Waals surface area (Å²) in [5.41, 5.74) is 12.8. The van der Waals surface area contributed by atoms with Crippen LogP contribution in [0.4, 0.5) is 42.9 Å². The minimum Gasteiger partial charge on any atom is -0.307 e. The van der Waals surface area contributed by atoms with E-state index in [0.29, 0.717) is 0 Å². The summed E-state index contributed by atoms with van der Waals surface area (Å²) >= 11 is 0. The average molecular weight is 599 g/mol. The minimum absolute atomic E-state index is 0.209. The highest BCUT2D eigenvalue weighted by Crippen LogP contribution is 2.56. The van der Waals surface area contributed by atoms with E-state index in [0.717, 1.165) is 66.6 Å². The Morgan fingerprint density at radius 3 is 1.78 bits per heavy atom. The smallest absolute Gasteiger partial charge is 0.248 e. The van der Waals surface area contributed by atoms with Gasteiger partial charge in [-0.25, -0.2) is 8.78 Å². The molecule has 0 N–H and O–H groups in total. The highest BCUT2D eigenvalue weighted by molar-refractivity contribution is 7.00. The maximum Gasteiger partial charge on any atom is 0.248 e. The lowest BCUT2D eigenvalue weighted by atomic mass is 9.33. The van der Waals surface area contributed by atoms with Gasteiger partial charge in [-0.3, -0.25) is 0 Å². The Morgan fingerprint density at radius 2 is 1.09 bits per heavy atom. The van der Waals surface area contributed by atoms with E-state index in [4.69, 9.17) is 0 Å². The Morgan fingerprint density at radius 1 is 0.500 bits per heavy atom. The molecule has 0 aromatic heterocycles. The van der Waals surface area contributed by atoms with Crippen molar-refractivity contribution in [2.75, 3.05) is 9.80 Å². The second kappa shape index (κ2) is 9.79. The third-order valence-corrected chi connectivity index (χ3v) is 9.77. The van der Waals surface area contributed by atoms with E-state index in [9.17, 15) is 4.39 Å². The van der Waals surface area contributed by atoms with Crippen molar-refractivity contribution in [2.45, 2.75) is 20.8 Å². The highest BCUT2D eigenvalue weighted by atomic mass is 19.1. The van der Waals surface area contributed by atoms with Crippen LogP contribution in [0, 0.1) is 32.4 Å². The molecule has 0 atom stereocenters. The van der Waals surface area contributed by atoms with Gasteiger partial charge < -0.3 is 9.80 Å². The molecule has 0 spiro atoms. The number of anilines is 6. The lowest BCUT2D eigenvalue weighted by Gasteiger charge is -2.46. The van der Waals surface area contributed by atoms with Gasteiger partial charge in [-0.15, -0.1) is 0 Å². The van der Waals surface area contributed by atoms with Gasteiger partial charge in [0.25, 0.3) is 0 Å². The molecule has 2 nitrogen and oxygen atoms in total. The number of aryl methyl sites for hydroxylation is 3. The van der Waals surface area contributed by atoms with Gasteiger partial charge >= 0.3 is 0 Å². The fourth-order valence-corrected chi connectivity index (χ4v) is 8.05. The Hall–Kier alpha value is -5.42. The summed E-state index contributed by atoms with van der Waals surface area (Å²) in [7, 11) is 0. The predicted octanol–water partition coefficient (Wildman–Crippen LogP) is 9.28. The van der Waals surface area contributed by atoms with E-state index in [1.807, 2.05) is 18.2 Å². The van der Waals surface area contributed by atoms with Gasteiger partial charge in [-0.2, -0.15) is 0 Å². The summed E-state index contributed by atoms with van der Waals surface area (Å²) < 4.78 is 29.8. The molecule has 0 unspecified atom stereocenters. The summed E-state index contributed by atoms with van der Waals surface area (Å²) in [6.45, 7) is 6.26. The molecule has 9 rings (SSSR count). The zero-order chi connectivity index (χ0) is 31.3. The summed E-state index contributed by atoms with van der Waals surface area (Å²) in [5, 5.41) is 4.45. The maximum atomic E-state index is 15.4. The minimum atomic E-state index is -0.275. The first-order valence-electron chi connectivity index (χ1n) is 15.7. The zero-order valence-corrected chi connectivity index (χ0v) is 25.8. The molecule has 2 aliphatic heterocycles. The molecule has 0 saturated heterocycles. The van der Waals surface area contributed by atoms with Gasteiger partial charge in [-0.05, 0) is 114 Å². The summed E-state index contributed by atoms with van der Waals surface area (Å²) in [4.78, 5) is 4.60. The van der Waals surface area contributed by atoms with Crippen LogP contribution in [0.3, 0.4) is 0 Å². The Bertz CT molecular complexity index is 2380. The van der Waals surface area contributed by atoms with Crippen molar-refractivity contribution < 1.29 is 8.78 Å². The normalized spacial score (nSPS) is 13.2. The standard InChI is InChI=1S/C41H29BF2N2/c1-24-18-25(2)39(26(3)19-24)42-34-23-31(44)14-17-35(34)46-37-21-28-9-5-4-8-27(28)20-36(37)45(32-15-12-30(43)13-16-32)38-22-29-10-6-7-11-33(29)40(42)41(38)46/h4-23H,1-3H3. The molecule has 0 aliphatic carbocycles. The number of halogens is 2. The number of hydrogen-bond acceptors (Lipinski definition) is 2. The number of fused-ring (bicyclic) bond motifs is 7. The van der Waals surface area contributed by atoms with Crippen molar-refractivity contribution >= 4 is 78.8 Å². The average Bonchev–Trinajstić information content (AvgIpc) is 3.04. The van der Waals surface area contributed by atoms with E-state index in [2.05, 4.69) is 109 Å². The van der Waals surface area contributed by atoms with E-state index in [1.165, 1.54) is 34.3 Å². The lowest BCUT2D eigenvalue weighted by Crippen LogP contribution is -2.59. The van der Waals surface area contributed by atoms with Crippen LogP contribution in [0.15, 0.2) is 121 Å². The zero-order valence-electron chi connectivity index (χ0n) is 25.8. The van der Waals surface area contributed by atoms with Crippen LogP contribution < -0.4 is 26.2 Å². The predicted molar refractivity (Wildman–Crippen MR) is 190 cm³/mol. The lowest BCUT2D eigenvalue weighted by molar-refractivity contribution is 0.627. The summed E-state index contributed by atoms with van der Waals surface area (Å²) in [6.07, 6.45) is 0. The van der Waals surface area contributed by atoms with Crippen molar-refractivity contribution in [1.29, 1.82) is 0 Å². The van der Waals surface area contributed by atoms with Crippen molar-refractivity contribution in [3.05, 3.63) is 150 Å². The van der Waals surface area contributed by atoms with Crippen LogP contribution in [0.5, 0.6) is 0 Å². The van der Waals surface area contributed by atoms with Crippen molar-refractivity contribution in [3.63, 3.8) is 0 Å². The van der Waals surface area contributed by atoms with E-state index < -0.39 is 0 Å². The van der Waals surface area contributed by atoms with Crippen LogP contribution in [0.1, 0.15) is 16.7 Å². The molecule has 0 saturated carbocycles. The second-order valence-corrected chi connectivity index (χ2v) is 12.7. The Kier molecular flexibility index (Phi) is 5.73. The molecule has 0 fully saturated rings. The molecule has 2 aliphatic rings. The van der Waals surface area contributed by atoms with Gasteiger partial charge in [0, 0.05) is 11.4 Å². The van der Waals surface area contributed by atoms with Crippen molar-refractivity contribution in [1.82, 2.24) is 0 Å². The molecule has 0 bridgehead atoms. The third-order valence-electron chi connectivity index (χ3n) is 9.77. The SMILES string of the molecule is Cc1cc(C)c(B2c3cc(F)ccc3N3c4cc5ccccc5cc4N(c4ccc(F)cc4)c4cc5ccccc5c2c43)c(C)c1. The molecular formula is C41H29BF2N2. The fraction of sp³-hybridized carbons (Fsp3) is 0.0732. The summed E-state index contributed by atoms with van der Waals surface area (Å²) in [5.74, 6) is -0.526. The molecule has 5 heteroatoms. The molecule has 0 amide bonds. The Balaban J connectivity index is 1.49. The first-order valence-corrected chi connectivity index (χ1v) is 15.7. The molecule has 2 heterocycles. The quantitative estimate of drug-likeness (QED) is 0.183. The van der Waals surface area contributed by atoms with E-state index in [-0.39, 0.29) is 18.3 Å². The van der Waals surface area contributed by atoms with E-state index >= 15 is 4.39 Å². The summed E-state index contributed by atoms with van der Waals surface area (Å²) in [6, 6.07) is 40.0. The number of rotatable bonds is 2. The van der Waals surface area contributed by atoms with Gasteiger partial charge in [0.05, 0.1) is 22.7 Å². The van der Waals surface area contributed by atoms with Crippen molar-refractivity contribution in [3.8, 4) is 0 Å². The fourth-order valence-electron chi connectivity index (χ4n) is 8.05. The molecule has 46 heavy (non-hydrogen) atoms. The largest absolute Gasteiger partial charge is 0.307 e. The number of hydrogen-bond donors (Lipinski definition) is 0. The molecule has 220 valence electrons. The number of nitrogens with zero attached hydrogens (tertiary/aromatic N) is 2. The third kappa shape index (κ3) is 3.81. The second-order valence-electron chi connectivity index (χ2n) is 12.7. The van der Waals surface area contributed by atoms with Crippen LogP contribution in [0.2, 0.25) is 0 Å². The monoisotopic (exact) mass is 598 g/mol. The maximum absolute atomic E-state index is 15.4. The number of benzene rings is 7. The highest BCUT2D eigenvalue weighted by Gasteiger charge is 2.43. The van der Waals surface area contributed by atoms with Gasteiger partial charge in [0.2, 0.25) is 6.71 Å². The van der Waals surface area contributed by atoms with Gasteiger partial charge in [0.1, 0.15) is 11.6 Å². The topological polar surface area (TPSA) is 6.48 Å². The van der Waals surface area contributed by atoms with Crippen LogP contribution in [-0.4, -0.2) is 6.71 Å². The molecule has 7 aromatic carbocycles. The Labute approximate surface area is 267 Å². The van der Waals surface area contributed by atoms with Crippen LogP contribution in [0.25, 0.3) is 21.5 Å². The van der Waals surface area contributed by atoms with Gasteiger partial charge in [-0.1, -0.05) is 82.8 Å². The molecule has 7 aromatic rings. The van der Waals surface area contributed by atoms with E-state index in [1.54, 1.807) is 12.1 Å². The first kappa shape index (κ1) is 26.9. The van der Waals surface area contributed by atoms with Crippen molar-refractivity contribution in [2.24, 2.45) is 0 Å². The molecular weight excluding hydrogens is 569 g/mol. The first-order chi connectivity index (χ1) is 22.4. The van der Waals surface area contributed by atoms with Crippen LogP contribution >= 0.6 is 0 Å².